The highest BCUT2D eigenvalue weighted by Crippen LogP contribution is 2.15. The first-order valence-corrected chi connectivity index (χ1v) is 10.0. The Hall–Kier alpha value is -2.93. The molecular formula is C20H20O6S. The van der Waals surface area contributed by atoms with E-state index in [0.29, 0.717) is 11.3 Å². The number of carbonyl (C=O) groups is 2. The Morgan fingerprint density at radius 3 is 2.33 bits per heavy atom. The molecule has 0 heterocycles. The van der Waals surface area contributed by atoms with Crippen molar-refractivity contribution >= 4 is 27.7 Å². The number of hydrogen-bond donors (Lipinski definition) is 0. The SMILES string of the molecule is CC(=O)C(=Cc1cccc(S(C)(=O)=O)c1)C(=O)OCCOc1ccccc1. The summed E-state index contributed by atoms with van der Waals surface area (Å²) in [5, 5.41) is 0. The molecule has 142 valence electrons. The molecule has 0 unspecified atom stereocenters. The first kappa shape index (κ1) is 20.4. The fourth-order valence-electron chi connectivity index (χ4n) is 2.19. The van der Waals surface area contributed by atoms with Gasteiger partial charge in [0.25, 0.3) is 0 Å². The number of ether oxygens (including phenoxy) is 2. The third kappa shape index (κ3) is 6.38. The van der Waals surface area contributed by atoms with Crippen LogP contribution >= 0.6 is 0 Å². The number of ketones is 1. The van der Waals surface area contributed by atoms with E-state index in [2.05, 4.69) is 0 Å². The van der Waals surface area contributed by atoms with Crippen LogP contribution in [0.1, 0.15) is 12.5 Å². The Balaban J connectivity index is 2.04. The standard InChI is InChI=1S/C20H20O6S/c1-15(21)19(14-16-7-6-10-18(13-16)27(2,23)24)20(22)26-12-11-25-17-8-4-3-5-9-17/h3-10,13-14H,11-12H2,1-2H3. The smallest absolute Gasteiger partial charge is 0.341 e. The Kier molecular flexibility index (Phi) is 6.90. The highest BCUT2D eigenvalue weighted by molar-refractivity contribution is 7.90. The van der Waals surface area contributed by atoms with Crippen LogP contribution in [0.3, 0.4) is 0 Å². The molecule has 7 heteroatoms. The number of rotatable bonds is 8. The van der Waals surface area contributed by atoms with E-state index in [9.17, 15) is 18.0 Å². The molecule has 2 aromatic rings. The van der Waals surface area contributed by atoms with Crippen LogP contribution < -0.4 is 4.74 Å². The quantitative estimate of drug-likeness (QED) is 0.227. The van der Waals surface area contributed by atoms with Gasteiger partial charge in [0.1, 0.15) is 24.5 Å². The normalized spacial score (nSPS) is 11.7. The summed E-state index contributed by atoms with van der Waals surface area (Å²) in [6, 6.07) is 15.0. The molecule has 0 aromatic heterocycles. The van der Waals surface area contributed by atoms with Crippen molar-refractivity contribution < 1.29 is 27.5 Å². The van der Waals surface area contributed by atoms with Gasteiger partial charge < -0.3 is 9.47 Å². The van der Waals surface area contributed by atoms with Gasteiger partial charge in [-0.2, -0.15) is 0 Å². The highest BCUT2D eigenvalue weighted by Gasteiger charge is 2.17. The molecule has 6 nitrogen and oxygen atoms in total. The summed E-state index contributed by atoms with van der Waals surface area (Å²) in [7, 11) is -3.39. The average Bonchev–Trinajstić information content (AvgIpc) is 2.63. The van der Waals surface area contributed by atoms with Crippen LogP contribution in [0.4, 0.5) is 0 Å². The summed E-state index contributed by atoms with van der Waals surface area (Å²) in [4.78, 5) is 24.1. The summed E-state index contributed by atoms with van der Waals surface area (Å²) >= 11 is 0. The summed E-state index contributed by atoms with van der Waals surface area (Å²) in [5.41, 5.74) is 0.251. The highest BCUT2D eigenvalue weighted by atomic mass is 32.2. The van der Waals surface area contributed by atoms with E-state index in [1.807, 2.05) is 18.2 Å². The van der Waals surface area contributed by atoms with Crippen molar-refractivity contribution in [3.63, 3.8) is 0 Å². The van der Waals surface area contributed by atoms with E-state index in [1.54, 1.807) is 24.3 Å². The summed E-state index contributed by atoms with van der Waals surface area (Å²) in [6.45, 7) is 1.36. The second-order valence-electron chi connectivity index (χ2n) is 5.76. The van der Waals surface area contributed by atoms with Gasteiger partial charge in [-0.25, -0.2) is 13.2 Å². The lowest BCUT2D eigenvalue weighted by molar-refractivity contribution is -0.140. The van der Waals surface area contributed by atoms with E-state index in [4.69, 9.17) is 9.47 Å². The van der Waals surface area contributed by atoms with Gasteiger partial charge in [-0.3, -0.25) is 4.79 Å². The van der Waals surface area contributed by atoms with Crippen LogP contribution in [-0.4, -0.2) is 39.6 Å². The molecule has 0 saturated heterocycles. The number of benzene rings is 2. The molecule has 27 heavy (non-hydrogen) atoms. The van der Waals surface area contributed by atoms with Gasteiger partial charge in [0.05, 0.1) is 4.90 Å². The Bertz CT molecular complexity index is 945. The molecule has 0 amide bonds. The van der Waals surface area contributed by atoms with Gasteiger partial charge in [0.15, 0.2) is 15.6 Å². The van der Waals surface area contributed by atoms with Gasteiger partial charge in [-0.05, 0) is 42.8 Å². The summed E-state index contributed by atoms with van der Waals surface area (Å²) < 4.78 is 33.8. The third-order valence-electron chi connectivity index (χ3n) is 3.52. The topological polar surface area (TPSA) is 86.7 Å². The molecular weight excluding hydrogens is 368 g/mol. The first-order valence-electron chi connectivity index (χ1n) is 8.15. The van der Waals surface area contributed by atoms with Crippen LogP contribution in [-0.2, 0) is 24.2 Å². The molecule has 0 bridgehead atoms. The molecule has 2 rings (SSSR count). The van der Waals surface area contributed by atoms with Crippen molar-refractivity contribution in [2.24, 2.45) is 0 Å². The molecule has 0 saturated carbocycles. The minimum atomic E-state index is -3.39. The molecule has 0 aliphatic heterocycles. The Morgan fingerprint density at radius 2 is 1.70 bits per heavy atom. The van der Waals surface area contributed by atoms with Crippen LogP contribution in [0.5, 0.6) is 5.75 Å². The summed E-state index contributed by atoms with van der Waals surface area (Å²) in [5.74, 6) is -0.619. The molecule has 0 spiro atoms. The lowest BCUT2D eigenvalue weighted by Gasteiger charge is -2.08. The number of esters is 1. The average molecular weight is 388 g/mol. The van der Waals surface area contributed by atoms with Crippen LogP contribution in [0, 0.1) is 0 Å². The number of hydrogen-bond acceptors (Lipinski definition) is 6. The number of Topliss-reactive ketones (excluding diaryl/α,β-unsaturated/α-hetero) is 1. The van der Waals surface area contributed by atoms with E-state index in [1.165, 1.54) is 25.1 Å². The van der Waals surface area contributed by atoms with Gasteiger partial charge in [-0.1, -0.05) is 30.3 Å². The lowest BCUT2D eigenvalue weighted by atomic mass is 10.1. The van der Waals surface area contributed by atoms with Crippen LogP contribution in [0.2, 0.25) is 0 Å². The minimum absolute atomic E-state index is 0.0261. The third-order valence-corrected chi connectivity index (χ3v) is 4.64. The second-order valence-corrected chi connectivity index (χ2v) is 7.77. The maximum atomic E-state index is 12.2. The van der Waals surface area contributed by atoms with Crippen molar-refractivity contribution in [2.45, 2.75) is 11.8 Å². The van der Waals surface area contributed by atoms with E-state index >= 15 is 0 Å². The van der Waals surface area contributed by atoms with Crippen molar-refractivity contribution in [1.82, 2.24) is 0 Å². The first-order chi connectivity index (χ1) is 12.8. The molecule has 0 atom stereocenters. The minimum Gasteiger partial charge on any atom is -0.490 e. The maximum absolute atomic E-state index is 12.2. The summed E-state index contributed by atoms with van der Waals surface area (Å²) in [6.07, 6.45) is 2.40. The van der Waals surface area contributed by atoms with Crippen molar-refractivity contribution in [1.29, 1.82) is 0 Å². The van der Waals surface area contributed by atoms with Gasteiger partial charge in [-0.15, -0.1) is 0 Å². The predicted molar refractivity (Wildman–Crippen MR) is 101 cm³/mol. The Labute approximate surface area is 158 Å². The largest absolute Gasteiger partial charge is 0.490 e. The zero-order valence-electron chi connectivity index (χ0n) is 15.0. The van der Waals surface area contributed by atoms with Crippen molar-refractivity contribution in [3.8, 4) is 5.75 Å². The number of carbonyl (C=O) groups excluding carboxylic acids is 2. The van der Waals surface area contributed by atoms with Gasteiger partial charge in [0, 0.05) is 6.26 Å². The zero-order valence-corrected chi connectivity index (χ0v) is 15.9. The van der Waals surface area contributed by atoms with Gasteiger partial charge in [0.2, 0.25) is 0 Å². The fraction of sp³-hybridized carbons (Fsp3) is 0.200. The monoisotopic (exact) mass is 388 g/mol. The van der Waals surface area contributed by atoms with E-state index in [0.717, 1.165) is 6.26 Å². The molecule has 0 aliphatic carbocycles. The maximum Gasteiger partial charge on any atom is 0.341 e. The van der Waals surface area contributed by atoms with E-state index in [-0.39, 0.29) is 23.7 Å². The van der Waals surface area contributed by atoms with E-state index < -0.39 is 21.6 Å². The molecule has 2 aromatic carbocycles. The molecule has 0 aliphatic rings. The fourth-order valence-corrected chi connectivity index (χ4v) is 2.87. The van der Waals surface area contributed by atoms with Gasteiger partial charge >= 0.3 is 5.97 Å². The molecule has 0 radical (unpaired) electrons. The van der Waals surface area contributed by atoms with Crippen molar-refractivity contribution in [3.05, 3.63) is 65.7 Å². The molecule has 0 N–H and O–H groups in total. The lowest BCUT2D eigenvalue weighted by Crippen LogP contribution is -2.17. The van der Waals surface area contributed by atoms with Crippen LogP contribution in [0.15, 0.2) is 65.1 Å². The Morgan fingerprint density at radius 1 is 1.00 bits per heavy atom. The predicted octanol–water partition coefficient (Wildman–Crippen LogP) is 2.68. The second kappa shape index (κ2) is 9.14. The number of para-hydroxylation sites is 1. The number of sulfone groups is 1. The molecule has 0 fully saturated rings. The van der Waals surface area contributed by atoms with Crippen molar-refractivity contribution in [2.75, 3.05) is 19.5 Å². The van der Waals surface area contributed by atoms with Crippen LogP contribution in [0.25, 0.3) is 6.08 Å². The zero-order chi connectivity index (χ0) is 19.9.